The maximum atomic E-state index is 11.4. The molecule has 0 aliphatic carbocycles. The van der Waals surface area contributed by atoms with Crippen LogP contribution >= 0.6 is 11.8 Å². The van der Waals surface area contributed by atoms with Crippen molar-refractivity contribution in [2.75, 3.05) is 0 Å². The Bertz CT molecular complexity index is 412. The molecule has 90 valence electrons. The number of primary amides is 1. The molecule has 1 atom stereocenters. The molecule has 6 nitrogen and oxygen atoms in total. The predicted octanol–water partition coefficient (Wildman–Crippen LogP) is 0.337. The van der Waals surface area contributed by atoms with Crippen molar-refractivity contribution in [1.29, 1.82) is 0 Å². The number of thioether (sulfide) groups is 1. The summed E-state index contributed by atoms with van der Waals surface area (Å²) < 4.78 is 1.54. The van der Waals surface area contributed by atoms with Crippen molar-refractivity contribution in [3.8, 4) is 0 Å². The van der Waals surface area contributed by atoms with Crippen LogP contribution in [0.3, 0.4) is 0 Å². The van der Waals surface area contributed by atoms with Gasteiger partial charge in [-0.05, 0) is 13.3 Å². The van der Waals surface area contributed by atoms with Crippen molar-refractivity contribution in [2.24, 2.45) is 5.73 Å². The number of nitrogens with two attached hydrogens (primary N) is 1. The van der Waals surface area contributed by atoms with Gasteiger partial charge >= 0.3 is 5.69 Å². The van der Waals surface area contributed by atoms with Gasteiger partial charge in [-0.25, -0.2) is 9.89 Å². The number of carbonyl (C=O) groups is 1. The lowest BCUT2D eigenvalue weighted by atomic mass is 10.3. The molecule has 16 heavy (non-hydrogen) atoms. The molecule has 0 bridgehead atoms. The summed E-state index contributed by atoms with van der Waals surface area (Å²) >= 11 is 1.20. The van der Waals surface area contributed by atoms with E-state index in [2.05, 4.69) is 10.2 Å². The van der Waals surface area contributed by atoms with E-state index in [4.69, 9.17) is 5.73 Å². The first-order valence-electron chi connectivity index (χ1n) is 5.17. The van der Waals surface area contributed by atoms with Gasteiger partial charge in [0.2, 0.25) is 5.91 Å². The molecule has 1 rings (SSSR count). The van der Waals surface area contributed by atoms with E-state index in [-0.39, 0.29) is 5.69 Å². The number of nitrogens with one attached hydrogen (secondary N) is 1. The monoisotopic (exact) mass is 244 g/mol. The third-order valence-electron chi connectivity index (χ3n) is 2.14. The minimum absolute atomic E-state index is 0.243. The topological polar surface area (TPSA) is 93.8 Å². The number of amides is 1. The summed E-state index contributed by atoms with van der Waals surface area (Å²) in [5, 5.41) is 6.37. The molecule has 0 spiro atoms. The van der Waals surface area contributed by atoms with Crippen LogP contribution in [0.5, 0.6) is 0 Å². The first-order chi connectivity index (χ1) is 7.56. The highest BCUT2D eigenvalue weighted by Gasteiger charge is 2.16. The van der Waals surface area contributed by atoms with E-state index >= 15 is 0 Å². The first-order valence-corrected chi connectivity index (χ1v) is 6.05. The molecule has 1 aromatic rings. The highest BCUT2D eigenvalue weighted by atomic mass is 32.2. The molecule has 0 unspecified atom stereocenters. The summed E-state index contributed by atoms with van der Waals surface area (Å²) in [4.78, 5) is 22.3. The fourth-order valence-corrected chi connectivity index (χ4v) is 1.95. The molecule has 0 aromatic carbocycles. The average molecular weight is 244 g/mol. The fourth-order valence-electron chi connectivity index (χ4n) is 1.12. The van der Waals surface area contributed by atoms with Crippen LogP contribution in [-0.2, 0) is 11.3 Å². The van der Waals surface area contributed by atoms with Crippen LogP contribution < -0.4 is 11.4 Å². The number of unbranched alkanes of at least 4 members (excludes halogenated alkanes) is 1. The SMILES string of the molecule is CCCCn1c(S[C@H](C)C(N)=O)n[nH]c1=O. The zero-order valence-electron chi connectivity index (χ0n) is 9.40. The lowest BCUT2D eigenvalue weighted by Gasteiger charge is -2.07. The smallest absolute Gasteiger partial charge is 0.343 e. The van der Waals surface area contributed by atoms with Gasteiger partial charge in [0.15, 0.2) is 5.16 Å². The fraction of sp³-hybridized carbons (Fsp3) is 0.667. The Morgan fingerprint density at radius 3 is 2.94 bits per heavy atom. The standard InChI is InChI=1S/C9H16N4O2S/c1-3-4-5-13-8(15)11-12-9(13)16-6(2)7(10)14/h6H,3-5H2,1-2H3,(H2,10,14)(H,11,15)/t6-/m1/s1. The molecule has 0 aliphatic heterocycles. The van der Waals surface area contributed by atoms with Crippen molar-refractivity contribution in [2.45, 2.75) is 43.6 Å². The molecular weight excluding hydrogens is 228 g/mol. The summed E-state index contributed by atoms with van der Waals surface area (Å²) in [6.07, 6.45) is 1.89. The lowest BCUT2D eigenvalue weighted by molar-refractivity contribution is -0.117. The van der Waals surface area contributed by atoms with Gasteiger partial charge in [-0.1, -0.05) is 25.1 Å². The summed E-state index contributed by atoms with van der Waals surface area (Å²) in [5.74, 6) is -0.414. The lowest BCUT2D eigenvalue weighted by Crippen LogP contribution is -2.24. The van der Waals surface area contributed by atoms with Crippen LogP contribution in [0.2, 0.25) is 0 Å². The van der Waals surface area contributed by atoms with Gasteiger partial charge in [-0.2, -0.15) is 0 Å². The third-order valence-corrected chi connectivity index (χ3v) is 3.25. The molecule has 1 amide bonds. The number of H-pyrrole nitrogens is 1. The van der Waals surface area contributed by atoms with Crippen LogP contribution in [-0.4, -0.2) is 25.9 Å². The predicted molar refractivity (Wildman–Crippen MR) is 62.3 cm³/mol. The number of carbonyl (C=O) groups excluding carboxylic acids is 1. The molecule has 0 saturated heterocycles. The van der Waals surface area contributed by atoms with E-state index < -0.39 is 11.2 Å². The van der Waals surface area contributed by atoms with E-state index in [9.17, 15) is 9.59 Å². The Hall–Kier alpha value is -1.24. The van der Waals surface area contributed by atoms with Gasteiger partial charge in [0.25, 0.3) is 0 Å². The average Bonchev–Trinajstić information content (AvgIpc) is 2.57. The van der Waals surface area contributed by atoms with Crippen molar-refractivity contribution in [3.05, 3.63) is 10.5 Å². The Morgan fingerprint density at radius 1 is 1.69 bits per heavy atom. The van der Waals surface area contributed by atoms with Crippen LogP contribution in [0.1, 0.15) is 26.7 Å². The van der Waals surface area contributed by atoms with Crippen LogP contribution in [0.4, 0.5) is 0 Å². The second-order valence-corrected chi connectivity index (χ2v) is 4.79. The Morgan fingerprint density at radius 2 is 2.38 bits per heavy atom. The highest BCUT2D eigenvalue weighted by molar-refractivity contribution is 8.00. The van der Waals surface area contributed by atoms with Gasteiger partial charge in [-0.15, -0.1) is 5.10 Å². The summed E-state index contributed by atoms with van der Waals surface area (Å²) in [7, 11) is 0. The Balaban J connectivity index is 2.79. The summed E-state index contributed by atoms with van der Waals surface area (Å²) in [6.45, 7) is 4.35. The van der Waals surface area contributed by atoms with Crippen molar-refractivity contribution >= 4 is 17.7 Å². The second-order valence-electron chi connectivity index (χ2n) is 3.48. The number of hydrogen-bond acceptors (Lipinski definition) is 4. The molecule has 0 fully saturated rings. The summed E-state index contributed by atoms with van der Waals surface area (Å²) in [5.41, 5.74) is 4.91. The number of rotatable bonds is 6. The van der Waals surface area contributed by atoms with Gasteiger partial charge in [-0.3, -0.25) is 9.36 Å². The third kappa shape index (κ3) is 3.13. The van der Waals surface area contributed by atoms with E-state index in [0.29, 0.717) is 11.7 Å². The molecule has 1 heterocycles. The first kappa shape index (κ1) is 12.8. The number of aromatic nitrogens is 3. The molecule has 0 radical (unpaired) electrons. The van der Waals surface area contributed by atoms with Crippen LogP contribution in [0.25, 0.3) is 0 Å². The zero-order chi connectivity index (χ0) is 12.1. The highest BCUT2D eigenvalue weighted by Crippen LogP contribution is 2.19. The Kier molecular flexibility index (Phi) is 4.60. The molecular formula is C9H16N4O2S. The van der Waals surface area contributed by atoms with E-state index in [1.165, 1.54) is 16.3 Å². The largest absolute Gasteiger partial charge is 0.369 e. The zero-order valence-corrected chi connectivity index (χ0v) is 10.2. The number of hydrogen-bond donors (Lipinski definition) is 2. The molecule has 3 N–H and O–H groups in total. The summed E-state index contributed by atoms with van der Waals surface area (Å²) in [6, 6.07) is 0. The van der Waals surface area contributed by atoms with E-state index in [1.54, 1.807) is 6.92 Å². The van der Waals surface area contributed by atoms with E-state index in [0.717, 1.165) is 12.8 Å². The molecule has 1 aromatic heterocycles. The molecule has 0 aliphatic rings. The molecule has 0 saturated carbocycles. The van der Waals surface area contributed by atoms with Crippen molar-refractivity contribution in [3.63, 3.8) is 0 Å². The quantitative estimate of drug-likeness (QED) is 0.705. The minimum Gasteiger partial charge on any atom is -0.369 e. The number of nitrogens with zero attached hydrogens (tertiary/aromatic N) is 2. The van der Waals surface area contributed by atoms with Gasteiger partial charge < -0.3 is 5.73 Å². The maximum absolute atomic E-state index is 11.4. The van der Waals surface area contributed by atoms with E-state index in [1.807, 2.05) is 6.92 Å². The minimum atomic E-state index is -0.414. The second kappa shape index (κ2) is 5.74. The molecule has 7 heteroatoms. The van der Waals surface area contributed by atoms with Crippen molar-refractivity contribution < 1.29 is 4.79 Å². The van der Waals surface area contributed by atoms with Gasteiger partial charge in [0.1, 0.15) is 0 Å². The normalized spacial score (nSPS) is 12.6. The van der Waals surface area contributed by atoms with Gasteiger partial charge in [0.05, 0.1) is 5.25 Å². The van der Waals surface area contributed by atoms with Crippen molar-refractivity contribution in [1.82, 2.24) is 14.8 Å². The van der Waals surface area contributed by atoms with Crippen LogP contribution in [0.15, 0.2) is 9.95 Å². The number of aromatic amines is 1. The van der Waals surface area contributed by atoms with Crippen LogP contribution in [0, 0.1) is 0 Å². The Labute approximate surface area is 97.6 Å². The maximum Gasteiger partial charge on any atom is 0.343 e. The van der Waals surface area contributed by atoms with Gasteiger partial charge in [0, 0.05) is 6.54 Å².